The molecule has 0 spiro atoms. The molecule has 1 rings (SSSR count). The minimum absolute atomic E-state index is 0.259. The maximum atomic E-state index is 11.9. The summed E-state index contributed by atoms with van der Waals surface area (Å²) < 4.78 is 5.34. The van der Waals surface area contributed by atoms with Gasteiger partial charge in [0.2, 0.25) is 0 Å². The highest BCUT2D eigenvalue weighted by Gasteiger charge is 2.16. The zero-order chi connectivity index (χ0) is 18.1. The van der Waals surface area contributed by atoms with Crippen molar-refractivity contribution in [3.8, 4) is 6.07 Å². The number of rotatable bonds is 8. The summed E-state index contributed by atoms with van der Waals surface area (Å²) in [7, 11) is 1.75. The van der Waals surface area contributed by atoms with Gasteiger partial charge in [0, 0.05) is 24.5 Å². The van der Waals surface area contributed by atoms with Crippen LogP contribution >= 0.6 is 11.8 Å². The Hall–Kier alpha value is -1.74. The molecule has 0 radical (unpaired) electrons. The van der Waals surface area contributed by atoms with Gasteiger partial charge in [-0.15, -0.1) is 11.8 Å². The Balaban J connectivity index is 2.53. The second-order valence-electron chi connectivity index (χ2n) is 6.24. The van der Waals surface area contributed by atoms with Gasteiger partial charge >= 0.3 is 6.09 Å². The van der Waals surface area contributed by atoms with E-state index in [1.807, 2.05) is 13.0 Å². The van der Waals surface area contributed by atoms with Crippen LogP contribution in [0.1, 0.15) is 44.9 Å². The Kier molecular flexibility index (Phi) is 8.62. The molecule has 1 aromatic rings. The number of aromatic nitrogens is 1. The highest BCUT2D eigenvalue weighted by Crippen LogP contribution is 2.28. The highest BCUT2D eigenvalue weighted by molar-refractivity contribution is 7.99. The van der Waals surface area contributed by atoms with Crippen molar-refractivity contribution in [1.82, 2.24) is 9.88 Å². The molecule has 1 atom stereocenters. The van der Waals surface area contributed by atoms with Gasteiger partial charge in [-0.1, -0.05) is 20.8 Å². The second-order valence-corrected chi connectivity index (χ2v) is 7.53. The molecule has 132 valence electrons. The molecule has 0 aliphatic rings. The van der Waals surface area contributed by atoms with Gasteiger partial charge in [0.1, 0.15) is 11.1 Å². The van der Waals surface area contributed by atoms with E-state index in [1.165, 1.54) is 0 Å². The first-order valence-corrected chi connectivity index (χ1v) is 9.17. The fraction of sp³-hybridized carbons (Fsp3) is 0.611. The van der Waals surface area contributed by atoms with Crippen LogP contribution in [0.4, 0.5) is 4.79 Å². The van der Waals surface area contributed by atoms with E-state index in [4.69, 9.17) is 4.74 Å². The molecule has 0 aromatic carbocycles. The third kappa shape index (κ3) is 6.79. The lowest BCUT2D eigenvalue weighted by molar-refractivity contribution is 0.106. The second kappa shape index (κ2) is 10.2. The lowest BCUT2D eigenvalue weighted by Gasteiger charge is -2.20. The number of hydrogen-bond donors (Lipinski definition) is 0. The largest absolute Gasteiger partial charge is 0.449 e. The van der Waals surface area contributed by atoms with E-state index in [0.717, 1.165) is 23.6 Å². The zero-order valence-electron chi connectivity index (χ0n) is 15.2. The predicted octanol–water partition coefficient (Wildman–Crippen LogP) is 4.25. The molecule has 0 saturated carbocycles. The normalized spacial score (nSPS) is 11.9. The summed E-state index contributed by atoms with van der Waals surface area (Å²) >= 11 is 1.59. The number of ether oxygens (including phenoxy) is 1. The standard InChI is InChI=1S/C18H27N3O2S/c1-6-16(9-10-23-18(22)21(5)12-13(2)3)24-17-15(11-19)8-7-14(4)20-17/h7-8,13,16H,6,9-10,12H2,1-5H3. The number of nitriles is 1. The van der Waals surface area contributed by atoms with Crippen LogP contribution in [0.5, 0.6) is 0 Å². The molecule has 0 fully saturated rings. The van der Waals surface area contributed by atoms with Crippen molar-refractivity contribution < 1.29 is 9.53 Å². The molecule has 1 heterocycles. The lowest BCUT2D eigenvalue weighted by Crippen LogP contribution is -2.31. The number of amides is 1. The monoisotopic (exact) mass is 349 g/mol. The van der Waals surface area contributed by atoms with Crippen LogP contribution in [0.25, 0.3) is 0 Å². The van der Waals surface area contributed by atoms with Crippen molar-refractivity contribution in [2.75, 3.05) is 20.2 Å². The summed E-state index contributed by atoms with van der Waals surface area (Å²) in [6.45, 7) is 9.19. The number of carbonyl (C=O) groups is 1. The Labute approximate surface area is 149 Å². The van der Waals surface area contributed by atoms with Gasteiger partial charge in [-0.3, -0.25) is 0 Å². The van der Waals surface area contributed by atoms with Crippen molar-refractivity contribution >= 4 is 17.9 Å². The summed E-state index contributed by atoms with van der Waals surface area (Å²) in [4.78, 5) is 18.0. The van der Waals surface area contributed by atoms with Crippen molar-refractivity contribution in [3.63, 3.8) is 0 Å². The summed E-state index contributed by atoms with van der Waals surface area (Å²) in [5.41, 5.74) is 1.49. The first-order valence-electron chi connectivity index (χ1n) is 8.29. The number of pyridine rings is 1. The summed E-state index contributed by atoms with van der Waals surface area (Å²) in [6, 6.07) is 5.83. The molecule has 24 heavy (non-hydrogen) atoms. The van der Waals surface area contributed by atoms with E-state index in [9.17, 15) is 10.1 Å². The summed E-state index contributed by atoms with van der Waals surface area (Å²) in [5, 5.41) is 10.2. The molecule has 1 unspecified atom stereocenters. The van der Waals surface area contributed by atoms with Crippen LogP contribution in [0.15, 0.2) is 17.2 Å². The predicted molar refractivity (Wildman–Crippen MR) is 97.1 cm³/mol. The number of nitrogens with zero attached hydrogens (tertiary/aromatic N) is 3. The van der Waals surface area contributed by atoms with Crippen molar-refractivity contribution in [2.45, 2.75) is 50.8 Å². The molecule has 0 aliphatic heterocycles. The molecule has 0 aliphatic carbocycles. The quantitative estimate of drug-likeness (QED) is 0.657. The molecule has 0 N–H and O–H groups in total. The Morgan fingerprint density at radius 3 is 2.75 bits per heavy atom. The third-order valence-corrected chi connectivity index (χ3v) is 4.91. The minimum Gasteiger partial charge on any atom is -0.449 e. The van der Waals surface area contributed by atoms with Gasteiger partial charge in [0.15, 0.2) is 0 Å². The van der Waals surface area contributed by atoms with Crippen LogP contribution in [-0.2, 0) is 4.74 Å². The average Bonchev–Trinajstić information content (AvgIpc) is 2.53. The number of thioether (sulfide) groups is 1. The van der Waals surface area contributed by atoms with E-state index < -0.39 is 0 Å². The van der Waals surface area contributed by atoms with Crippen LogP contribution in [0, 0.1) is 24.2 Å². The number of aryl methyl sites for hydroxylation is 1. The van der Waals surface area contributed by atoms with Crippen molar-refractivity contribution in [3.05, 3.63) is 23.4 Å². The van der Waals surface area contributed by atoms with E-state index in [0.29, 0.717) is 24.6 Å². The van der Waals surface area contributed by atoms with Crippen LogP contribution in [0.2, 0.25) is 0 Å². The van der Waals surface area contributed by atoms with Crippen LogP contribution in [0.3, 0.4) is 0 Å². The Bertz CT molecular complexity index is 584. The van der Waals surface area contributed by atoms with Crippen LogP contribution in [-0.4, -0.2) is 41.4 Å². The average molecular weight is 350 g/mol. The van der Waals surface area contributed by atoms with Gasteiger partial charge in [-0.25, -0.2) is 9.78 Å². The SMILES string of the molecule is CCC(CCOC(=O)N(C)CC(C)C)Sc1nc(C)ccc1C#N. The molecule has 1 aromatic heterocycles. The summed E-state index contributed by atoms with van der Waals surface area (Å²) in [5.74, 6) is 0.415. The van der Waals surface area contributed by atoms with E-state index in [1.54, 1.807) is 29.8 Å². The molecular weight excluding hydrogens is 322 g/mol. The van der Waals surface area contributed by atoms with E-state index >= 15 is 0 Å². The van der Waals surface area contributed by atoms with Gasteiger partial charge in [-0.05, 0) is 37.8 Å². The van der Waals surface area contributed by atoms with Gasteiger partial charge < -0.3 is 9.64 Å². The molecule has 0 saturated heterocycles. The fourth-order valence-electron chi connectivity index (χ4n) is 2.22. The first kappa shape index (κ1) is 20.3. The topological polar surface area (TPSA) is 66.2 Å². The highest BCUT2D eigenvalue weighted by atomic mass is 32.2. The van der Waals surface area contributed by atoms with E-state index in [2.05, 4.69) is 31.8 Å². The molecule has 5 nitrogen and oxygen atoms in total. The van der Waals surface area contributed by atoms with Crippen LogP contribution < -0.4 is 0 Å². The Morgan fingerprint density at radius 2 is 2.17 bits per heavy atom. The minimum atomic E-state index is -0.282. The molecule has 1 amide bonds. The van der Waals surface area contributed by atoms with Crippen molar-refractivity contribution in [1.29, 1.82) is 5.26 Å². The fourth-order valence-corrected chi connectivity index (χ4v) is 3.36. The molecule has 0 bridgehead atoms. The first-order chi connectivity index (χ1) is 11.4. The van der Waals surface area contributed by atoms with Gasteiger partial charge in [0.05, 0.1) is 12.2 Å². The molecule has 6 heteroatoms. The smallest absolute Gasteiger partial charge is 0.409 e. The Morgan fingerprint density at radius 1 is 1.46 bits per heavy atom. The lowest BCUT2D eigenvalue weighted by atomic mass is 10.2. The van der Waals surface area contributed by atoms with Crippen molar-refractivity contribution in [2.24, 2.45) is 5.92 Å². The zero-order valence-corrected chi connectivity index (χ0v) is 16.0. The molecular formula is C18H27N3O2S. The van der Waals surface area contributed by atoms with Gasteiger partial charge in [0.25, 0.3) is 0 Å². The van der Waals surface area contributed by atoms with E-state index in [-0.39, 0.29) is 11.3 Å². The maximum absolute atomic E-state index is 11.9. The number of hydrogen-bond acceptors (Lipinski definition) is 5. The van der Waals surface area contributed by atoms with Gasteiger partial charge in [-0.2, -0.15) is 5.26 Å². The third-order valence-electron chi connectivity index (χ3n) is 3.47. The summed E-state index contributed by atoms with van der Waals surface area (Å²) in [6.07, 6.45) is 1.38. The number of carbonyl (C=O) groups excluding carboxylic acids is 1. The maximum Gasteiger partial charge on any atom is 0.409 e.